The molecule has 3 aliphatic rings. The molecule has 27 heavy (non-hydrogen) atoms. The van der Waals surface area contributed by atoms with Crippen molar-refractivity contribution >= 4 is 34.7 Å². The molecule has 5 rings (SSSR count). The highest BCUT2D eigenvalue weighted by Crippen LogP contribution is 2.54. The predicted molar refractivity (Wildman–Crippen MR) is 112 cm³/mol. The largest absolute Gasteiger partial charge is 0.367 e. The number of benzene rings is 1. The highest BCUT2D eigenvalue weighted by molar-refractivity contribution is 8.01. The average molecular weight is 399 g/mol. The van der Waals surface area contributed by atoms with Gasteiger partial charge in [0.1, 0.15) is 5.82 Å². The fourth-order valence-corrected chi connectivity index (χ4v) is 5.87. The van der Waals surface area contributed by atoms with Crippen LogP contribution in [0.3, 0.4) is 0 Å². The first-order valence-electron chi connectivity index (χ1n) is 9.63. The van der Waals surface area contributed by atoms with Crippen LogP contribution in [0.2, 0.25) is 5.02 Å². The van der Waals surface area contributed by atoms with Crippen LogP contribution in [-0.4, -0.2) is 16.0 Å². The molecule has 140 valence electrons. The zero-order chi connectivity index (χ0) is 18.4. The number of thioether (sulfide) groups is 1. The standard InChI is InChI=1S/C21H23ClN4S/c1-21-25-19(15-11-12-23-13-16(15)22)20(24-14-7-3-2-4-8-14)26(21)17-9-5-6-10-18(17)27-21/h5-6,9-14,24-25H,2-4,7-8H2,1H3. The van der Waals surface area contributed by atoms with E-state index >= 15 is 0 Å². The number of rotatable bonds is 3. The molecule has 6 heteroatoms. The Bertz CT molecular complexity index is 909. The van der Waals surface area contributed by atoms with Crippen LogP contribution in [0.1, 0.15) is 44.6 Å². The number of hydrogen-bond donors (Lipinski definition) is 2. The van der Waals surface area contributed by atoms with Crippen LogP contribution >= 0.6 is 23.4 Å². The molecule has 3 heterocycles. The smallest absolute Gasteiger partial charge is 0.166 e. The number of fused-ring (bicyclic) bond motifs is 3. The van der Waals surface area contributed by atoms with Crippen molar-refractivity contribution in [2.24, 2.45) is 0 Å². The van der Waals surface area contributed by atoms with E-state index in [9.17, 15) is 0 Å². The molecule has 0 amide bonds. The van der Waals surface area contributed by atoms with Gasteiger partial charge in [0.2, 0.25) is 0 Å². The zero-order valence-electron chi connectivity index (χ0n) is 15.3. The maximum Gasteiger partial charge on any atom is 0.166 e. The second-order valence-corrected chi connectivity index (χ2v) is 9.42. The Hall–Kier alpha value is -1.85. The van der Waals surface area contributed by atoms with E-state index in [-0.39, 0.29) is 4.99 Å². The molecule has 2 aromatic rings. The van der Waals surface area contributed by atoms with Gasteiger partial charge in [-0.05, 0) is 38.0 Å². The highest BCUT2D eigenvalue weighted by Gasteiger charge is 2.49. The summed E-state index contributed by atoms with van der Waals surface area (Å²) in [5.41, 5.74) is 3.31. The number of anilines is 1. The summed E-state index contributed by atoms with van der Waals surface area (Å²) in [6, 6.07) is 11.1. The van der Waals surface area contributed by atoms with Crippen molar-refractivity contribution in [3.05, 3.63) is 59.1 Å². The molecule has 2 aliphatic heterocycles. The molecule has 4 nitrogen and oxygen atoms in total. The fraction of sp³-hybridized carbons (Fsp3) is 0.381. The summed E-state index contributed by atoms with van der Waals surface area (Å²) in [4.78, 5) is 7.61. The van der Waals surface area contributed by atoms with Crippen LogP contribution in [0.4, 0.5) is 5.69 Å². The molecule has 1 aromatic carbocycles. The van der Waals surface area contributed by atoms with Gasteiger partial charge in [-0.15, -0.1) is 0 Å². The van der Waals surface area contributed by atoms with Crippen molar-refractivity contribution in [2.75, 3.05) is 4.90 Å². The fourth-order valence-electron chi connectivity index (χ4n) is 4.39. The Labute approximate surface area is 169 Å². The highest BCUT2D eigenvalue weighted by atomic mass is 35.5. The molecule has 1 aliphatic carbocycles. The molecule has 1 saturated carbocycles. The summed E-state index contributed by atoms with van der Waals surface area (Å²) in [5, 5.41) is 8.32. The van der Waals surface area contributed by atoms with Crippen LogP contribution < -0.4 is 15.5 Å². The molecule has 1 fully saturated rings. The minimum absolute atomic E-state index is 0.261. The summed E-state index contributed by atoms with van der Waals surface area (Å²) in [6.07, 6.45) is 9.91. The monoisotopic (exact) mass is 398 g/mol. The molecule has 1 unspecified atom stereocenters. The first kappa shape index (κ1) is 17.3. The van der Waals surface area contributed by atoms with Crippen molar-refractivity contribution in [2.45, 2.75) is 55.0 Å². The van der Waals surface area contributed by atoms with Gasteiger partial charge in [0.25, 0.3) is 0 Å². The van der Waals surface area contributed by atoms with Crippen LogP contribution in [-0.2, 0) is 0 Å². The molecule has 0 bridgehead atoms. The van der Waals surface area contributed by atoms with Gasteiger partial charge in [0.05, 0.1) is 16.4 Å². The summed E-state index contributed by atoms with van der Waals surface area (Å²) < 4.78 is 0. The minimum Gasteiger partial charge on any atom is -0.367 e. The molecular weight excluding hydrogens is 376 g/mol. The van der Waals surface area contributed by atoms with Crippen molar-refractivity contribution in [3.8, 4) is 0 Å². The van der Waals surface area contributed by atoms with E-state index in [1.54, 1.807) is 12.4 Å². The predicted octanol–water partition coefficient (Wildman–Crippen LogP) is 5.17. The van der Waals surface area contributed by atoms with Gasteiger partial charge in [0.15, 0.2) is 4.99 Å². The van der Waals surface area contributed by atoms with Crippen molar-refractivity contribution < 1.29 is 0 Å². The van der Waals surface area contributed by atoms with E-state index < -0.39 is 0 Å². The number of pyridine rings is 1. The van der Waals surface area contributed by atoms with E-state index in [0.29, 0.717) is 11.1 Å². The van der Waals surface area contributed by atoms with Crippen LogP contribution in [0, 0.1) is 0 Å². The molecule has 2 N–H and O–H groups in total. The summed E-state index contributed by atoms with van der Waals surface area (Å²) in [7, 11) is 0. The SMILES string of the molecule is CC12NC(c3ccncc3Cl)=C(NC3CCCCC3)N1c1ccccc1S2. The molecule has 1 atom stereocenters. The van der Waals surface area contributed by atoms with Gasteiger partial charge < -0.3 is 10.6 Å². The lowest BCUT2D eigenvalue weighted by Crippen LogP contribution is -2.47. The lowest BCUT2D eigenvalue weighted by atomic mass is 9.95. The summed E-state index contributed by atoms with van der Waals surface area (Å²) >= 11 is 8.38. The number of para-hydroxylation sites is 1. The van der Waals surface area contributed by atoms with E-state index in [4.69, 9.17) is 11.6 Å². The number of nitrogens with zero attached hydrogens (tertiary/aromatic N) is 2. The van der Waals surface area contributed by atoms with Crippen molar-refractivity contribution in [3.63, 3.8) is 0 Å². The van der Waals surface area contributed by atoms with E-state index in [1.165, 1.54) is 42.7 Å². The van der Waals surface area contributed by atoms with Crippen LogP contribution in [0.25, 0.3) is 5.70 Å². The topological polar surface area (TPSA) is 40.2 Å². The molecule has 0 saturated heterocycles. The summed E-state index contributed by atoms with van der Waals surface area (Å²) in [5.74, 6) is 1.13. The van der Waals surface area contributed by atoms with Gasteiger partial charge in [-0.1, -0.05) is 54.8 Å². The zero-order valence-corrected chi connectivity index (χ0v) is 16.9. The minimum atomic E-state index is -0.261. The van der Waals surface area contributed by atoms with Crippen molar-refractivity contribution in [1.29, 1.82) is 0 Å². The Morgan fingerprint density at radius 1 is 1.22 bits per heavy atom. The second kappa shape index (κ2) is 6.64. The first-order chi connectivity index (χ1) is 13.2. The number of halogens is 1. The van der Waals surface area contributed by atoms with Crippen molar-refractivity contribution in [1.82, 2.24) is 15.6 Å². The molecular formula is C21H23ClN4S. The number of aromatic nitrogens is 1. The van der Waals surface area contributed by atoms with Gasteiger partial charge in [-0.25, -0.2) is 0 Å². The average Bonchev–Trinajstić information content (AvgIpc) is 3.12. The Balaban J connectivity index is 1.62. The Kier molecular flexibility index (Phi) is 4.25. The van der Waals surface area contributed by atoms with Gasteiger partial charge in [-0.3, -0.25) is 9.88 Å². The number of nitrogens with one attached hydrogen (secondary N) is 2. The van der Waals surface area contributed by atoms with Crippen LogP contribution in [0.15, 0.2) is 53.4 Å². The second-order valence-electron chi connectivity index (χ2n) is 7.57. The molecule has 0 radical (unpaired) electrons. The third kappa shape index (κ3) is 2.88. The third-order valence-electron chi connectivity index (χ3n) is 5.65. The van der Waals surface area contributed by atoms with E-state index in [0.717, 1.165) is 17.1 Å². The first-order valence-corrected chi connectivity index (χ1v) is 10.8. The number of hydrogen-bond acceptors (Lipinski definition) is 5. The normalized spacial score (nSPS) is 24.6. The Morgan fingerprint density at radius 2 is 2.04 bits per heavy atom. The summed E-state index contributed by atoms with van der Waals surface area (Å²) in [6.45, 7) is 2.24. The lowest BCUT2D eigenvalue weighted by molar-refractivity contribution is 0.393. The van der Waals surface area contributed by atoms with E-state index in [2.05, 4.69) is 51.7 Å². The van der Waals surface area contributed by atoms with Gasteiger partial charge in [0, 0.05) is 28.9 Å². The van der Waals surface area contributed by atoms with Gasteiger partial charge >= 0.3 is 0 Å². The Morgan fingerprint density at radius 3 is 2.85 bits per heavy atom. The molecule has 0 spiro atoms. The quantitative estimate of drug-likeness (QED) is 0.746. The van der Waals surface area contributed by atoms with Gasteiger partial charge in [-0.2, -0.15) is 0 Å². The van der Waals surface area contributed by atoms with Crippen LogP contribution in [0.5, 0.6) is 0 Å². The third-order valence-corrected chi connectivity index (χ3v) is 7.20. The maximum absolute atomic E-state index is 6.52. The maximum atomic E-state index is 6.52. The molecule has 1 aromatic heterocycles. The lowest BCUT2D eigenvalue weighted by Gasteiger charge is -2.33. The van der Waals surface area contributed by atoms with E-state index in [1.807, 2.05) is 17.8 Å².